The van der Waals surface area contributed by atoms with Crippen LogP contribution in [0.3, 0.4) is 0 Å². The molecule has 6 heteroatoms. The molecule has 1 aliphatic heterocycles. The zero-order chi connectivity index (χ0) is 15.5. The number of hydrogen-bond acceptors (Lipinski definition) is 4. The molecule has 0 unspecified atom stereocenters. The normalized spacial score (nSPS) is 15.2. The van der Waals surface area contributed by atoms with E-state index in [2.05, 4.69) is 4.98 Å². The predicted molar refractivity (Wildman–Crippen MR) is 83.6 cm³/mol. The Morgan fingerprint density at radius 1 is 1.14 bits per heavy atom. The molecule has 22 heavy (non-hydrogen) atoms. The second-order valence-corrected chi connectivity index (χ2v) is 5.39. The number of aromatic nitrogens is 2. The smallest absolute Gasteiger partial charge is 0.293 e. The molecule has 1 aromatic carbocycles. The van der Waals surface area contributed by atoms with Gasteiger partial charge in [-0.2, -0.15) is 0 Å². The number of carbonyl (C=O) groups excluding carboxylic acids is 1. The molecule has 0 bridgehead atoms. The number of amides is 1. The van der Waals surface area contributed by atoms with Gasteiger partial charge < -0.3 is 14.4 Å². The monoisotopic (exact) mass is 298 g/mol. The first-order chi connectivity index (χ1) is 10.6. The van der Waals surface area contributed by atoms with Crippen molar-refractivity contribution < 1.29 is 4.79 Å². The molecule has 3 rings (SSSR count). The molecule has 1 aromatic heterocycles. The fourth-order valence-electron chi connectivity index (χ4n) is 2.56. The number of piperazine rings is 1. The average molecular weight is 298 g/mol. The summed E-state index contributed by atoms with van der Waals surface area (Å²) in [5.41, 5.74) is 0.935. The van der Waals surface area contributed by atoms with Gasteiger partial charge in [-0.3, -0.25) is 9.59 Å². The molecule has 1 fully saturated rings. The zero-order valence-corrected chi connectivity index (χ0v) is 12.5. The number of aryl methyl sites for hydroxylation is 1. The van der Waals surface area contributed by atoms with Crippen molar-refractivity contribution >= 4 is 11.7 Å². The van der Waals surface area contributed by atoms with Gasteiger partial charge in [0, 0.05) is 39.1 Å². The molecular formula is C16H18N4O2. The van der Waals surface area contributed by atoms with E-state index >= 15 is 0 Å². The average Bonchev–Trinajstić information content (AvgIpc) is 2.53. The van der Waals surface area contributed by atoms with E-state index in [0.29, 0.717) is 25.5 Å². The molecule has 1 saturated heterocycles. The van der Waals surface area contributed by atoms with E-state index in [4.69, 9.17) is 0 Å². The summed E-state index contributed by atoms with van der Waals surface area (Å²) in [7, 11) is 1.68. The number of benzene rings is 1. The first-order valence-corrected chi connectivity index (χ1v) is 7.23. The van der Waals surface area contributed by atoms with Crippen LogP contribution in [0.15, 0.2) is 47.5 Å². The van der Waals surface area contributed by atoms with Crippen LogP contribution >= 0.6 is 0 Å². The maximum atomic E-state index is 12.3. The number of hydrogen-bond donors (Lipinski definition) is 0. The Bertz CT molecular complexity index is 726. The molecule has 2 heterocycles. The minimum absolute atomic E-state index is 0.0165. The Morgan fingerprint density at radius 2 is 1.91 bits per heavy atom. The fourth-order valence-corrected chi connectivity index (χ4v) is 2.56. The van der Waals surface area contributed by atoms with E-state index in [0.717, 1.165) is 5.56 Å². The Kier molecular flexibility index (Phi) is 3.91. The molecule has 0 atom stereocenters. The number of carbonyl (C=O) groups is 1. The lowest BCUT2D eigenvalue weighted by Crippen LogP contribution is -2.51. The summed E-state index contributed by atoms with van der Waals surface area (Å²) in [4.78, 5) is 32.1. The molecule has 0 spiro atoms. The van der Waals surface area contributed by atoms with E-state index in [1.54, 1.807) is 24.3 Å². The third kappa shape index (κ3) is 2.86. The van der Waals surface area contributed by atoms with Crippen LogP contribution in [0.25, 0.3) is 0 Å². The lowest BCUT2D eigenvalue weighted by atomic mass is 10.2. The lowest BCUT2D eigenvalue weighted by molar-refractivity contribution is -0.131. The van der Waals surface area contributed by atoms with Crippen molar-refractivity contribution in [2.45, 2.75) is 6.54 Å². The molecule has 0 radical (unpaired) electrons. The van der Waals surface area contributed by atoms with Crippen LogP contribution in [0, 0.1) is 0 Å². The second kappa shape index (κ2) is 6.01. The third-order valence-corrected chi connectivity index (χ3v) is 3.83. The van der Waals surface area contributed by atoms with Gasteiger partial charge in [0.15, 0.2) is 5.82 Å². The van der Waals surface area contributed by atoms with Crippen LogP contribution in [-0.4, -0.2) is 40.0 Å². The Morgan fingerprint density at radius 3 is 2.64 bits per heavy atom. The van der Waals surface area contributed by atoms with E-state index in [-0.39, 0.29) is 18.0 Å². The molecule has 0 aliphatic carbocycles. The van der Waals surface area contributed by atoms with Gasteiger partial charge in [0.05, 0.1) is 6.54 Å². The van der Waals surface area contributed by atoms with Crippen LogP contribution in [0.2, 0.25) is 0 Å². The van der Waals surface area contributed by atoms with Crippen LogP contribution in [0.1, 0.15) is 5.56 Å². The zero-order valence-electron chi connectivity index (χ0n) is 12.5. The number of nitrogens with zero attached hydrogens (tertiary/aromatic N) is 4. The molecular weight excluding hydrogens is 280 g/mol. The van der Waals surface area contributed by atoms with Gasteiger partial charge in [0.25, 0.3) is 5.56 Å². The molecule has 114 valence electrons. The van der Waals surface area contributed by atoms with Crippen molar-refractivity contribution in [3.63, 3.8) is 0 Å². The second-order valence-electron chi connectivity index (χ2n) is 5.39. The van der Waals surface area contributed by atoms with Crippen molar-refractivity contribution in [2.24, 2.45) is 7.05 Å². The van der Waals surface area contributed by atoms with Gasteiger partial charge >= 0.3 is 0 Å². The highest BCUT2D eigenvalue weighted by Gasteiger charge is 2.26. The summed E-state index contributed by atoms with van der Waals surface area (Å²) in [5.74, 6) is 0.362. The quantitative estimate of drug-likeness (QED) is 0.834. The number of rotatable bonds is 3. The van der Waals surface area contributed by atoms with Crippen molar-refractivity contribution in [3.8, 4) is 0 Å². The highest BCUT2D eigenvalue weighted by molar-refractivity contribution is 5.82. The van der Waals surface area contributed by atoms with E-state index < -0.39 is 0 Å². The molecule has 1 amide bonds. The predicted octanol–water partition coefficient (Wildman–Crippen LogP) is 0.629. The highest BCUT2D eigenvalue weighted by Crippen LogP contribution is 2.12. The summed E-state index contributed by atoms with van der Waals surface area (Å²) in [5, 5.41) is 0. The summed E-state index contributed by atoms with van der Waals surface area (Å²) in [6.07, 6.45) is 3.19. The van der Waals surface area contributed by atoms with Gasteiger partial charge in [0.1, 0.15) is 0 Å². The molecule has 0 N–H and O–H groups in total. The topological polar surface area (TPSA) is 58.4 Å². The molecule has 1 aliphatic rings. The van der Waals surface area contributed by atoms with Crippen molar-refractivity contribution in [1.82, 2.24) is 14.5 Å². The van der Waals surface area contributed by atoms with Gasteiger partial charge in [0.2, 0.25) is 5.91 Å². The highest BCUT2D eigenvalue weighted by atomic mass is 16.2. The minimum atomic E-state index is -0.174. The summed E-state index contributed by atoms with van der Waals surface area (Å²) < 4.78 is 1.48. The maximum Gasteiger partial charge on any atom is 0.293 e. The number of anilines is 1. The fraction of sp³-hybridized carbons (Fsp3) is 0.312. The van der Waals surface area contributed by atoms with Crippen LogP contribution in [0.4, 0.5) is 5.82 Å². The van der Waals surface area contributed by atoms with Gasteiger partial charge in [-0.05, 0) is 5.56 Å². The maximum absolute atomic E-state index is 12.3. The Labute approximate surface area is 128 Å². The Hall–Kier alpha value is -2.63. The SMILES string of the molecule is Cn1ccnc(N2CCN(Cc3ccccc3)C(=O)C2)c1=O. The van der Waals surface area contributed by atoms with Crippen molar-refractivity contribution in [2.75, 3.05) is 24.5 Å². The standard InChI is InChI=1S/C16H18N4O2/c1-18-8-7-17-15(16(18)22)20-10-9-19(14(21)12-20)11-13-5-3-2-4-6-13/h2-8H,9-12H2,1H3. The van der Waals surface area contributed by atoms with Crippen molar-refractivity contribution in [1.29, 1.82) is 0 Å². The molecule has 0 saturated carbocycles. The Balaban J connectivity index is 1.71. The van der Waals surface area contributed by atoms with Gasteiger partial charge in [-0.1, -0.05) is 30.3 Å². The molecule has 2 aromatic rings. The van der Waals surface area contributed by atoms with E-state index in [9.17, 15) is 9.59 Å². The summed E-state index contributed by atoms with van der Waals surface area (Å²) in [6.45, 7) is 2.01. The van der Waals surface area contributed by atoms with Crippen LogP contribution in [-0.2, 0) is 18.4 Å². The lowest BCUT2D eigenvalue weighted by Gasteiger charge is -2.34. The summed E-state index contributed by atoms with van der Waals surface area (Å²) >= 11 is 0. The van der Waals surface area contributed by atoms with Gasteiger partial charge in [-0.15, -0.1) is 0 Å². The first kappa shape index (κ1) is 14.3. The van der Waals surface area contributed by atoms with E-state index in [1.165, 1.54) is 4.57 Å². The molecule has 6 nitrogen and oxygen atoms in total. The van der Waals surface area contributed by atoms with E-state index in [1.807, 2.05) is 35.2 Å². The van der Waals surface area contributed by atoms with Crippen LogP contribution < -0.4 is 10.5 Å². The van der Waals surface area contributed by atoms with Crippen molar-refractivity contribution in [3.05, 3.63) is 58.6 Å². The minimum Gasteiger partial charge on any atom is -0.341 e. The largest absolute Gasteiger partial charge is 0.341 e. The first-order valence-electron chi connectivity index (χ1n) is 7.23. The summed E-state index contributed by atoms with van der Waals surface area (Å²) in [6, 6.07) is 9.91. The van der Waals surface area contributed by atoms with Crippen LogP contribution in [0.5, 0.6) is 0 Å². The van der Waals surface area contributed by atoms with Gasteiger partial charge in [-0.25, -0.2) is 4.98 Å². The third-order valence-electron chi connectivity index (χ3n) is 3.83.